The van der Waals surface area contributed by atoms with Crippen LogP contribution in [0.1, 0.15) is 12.8 Å². The average molecular weight is 158 g/mol. The Labute approximate surface area is 66.8 Å². The number of rotatable bonds is 1. The van der Waals surface area contributed by atoms with Gasteiger partial charge >= 0.3 is 0 Å². The molecule has 11 heavy (non-hydrogen) atoms. The summed E-state index contributed by atoms with van der Waals surface area (Å²) < 4.78 is 13.1. The van der Waals surface area contributed by atoms with Crippen LogP contribution in [-0.4, -0.2) is 43.3 Å². The zero-order valence-electron chi connectivity index (χ0n) is 6.72. The van der Waals surface area contributed by atoms with E-state index >= 15 is 0 Å². The summed E-state index contributed by atoms with van der Waals surface area (Å²) in [5.74, 6) is 0. The second kappa shape index (κ2) is 3.07. The van der Waals surface area contributed by atoms with Crippen molar-refractivity contribution in [2.75, 3.05) is 26.2 Å². The quantitative estimate of drug-likeness (QED) is 0.594. The molecule has 0 bridgehead atoms. The second-order valence-electron chi connectivity index (χ2n) is 3.48. The van der Waals surface area contributed by atoms with Crippen molar-refractivity contribution in [1.82, 2.24) is 10.2 Å². The van der Waals surface area contributed by atoms with E-state index in [9.17, 15) is 4.39 Å². The summed E-state index contributed by atoms with van der Waals surface area (Å²) in [5, 5.41) is 3.08. The molecule has 0 aliphatic carbocycles. The first-order chi connectivity index (χ1) is 5.38. The summed E-state index contributed by atoms with van der Waals surface area (Å²) in [6.45, 7) is 3.61. The third-order valence-corrected chi connectivity index (χ3v) is 2.72. The van der Waals surface area contributed by atoms with E-state index in [1.165, 1.54) is 12.8 Å². The van der Waals surface area contributed by atoms with Gasteiger partial charge in [0.05, 0.1) is 6.04 Å². The number of hydrogen-bond donors (Lipinski definition) is 1. The molecule has 2 aliphatic heterocycles. The first-order valence-electron chi connectivity index (χ1n) is 4.47. The monoisotopic (exact) mass is 158 g/mol. The molecule has 0 radical (unpaired) electrons. The second-order valence-corrected chi connectivity index (χ2v) is 3.48. The number of halogens is 1. The van der Waals surface area contributed by atoms with E-state index in [1.807, 2.05) is 0 Å². The average Bonchev–Trinajstić information content (AvgIpc) is 2.55. The Morgan fingerprint density at radius 2 is 1.91 bits per heavy atom. The zero-order chi connectivity index (χ0) is 7.68. The molecule has 2 atom stereocenters. The van der Waals surface area contributed by atoms with Crippen LogP contribution in [0.5, 0.6) is 0 Å². The molecule has 2 aliphatic rings. The van der Waals surface area contributed by atoms with Crippen molar-refractivity contribution in [1.29, 1.82) is 0 Å². The van der Waals surface area contributed by atoms with Crippen molar-refractivity contribution < 1.29 is 4.39 Å². The Hall–Kier alpha value is -0.150. The van der Waals surface area contributed by atoms with Gasteiger partial charge in [0.25, 0.3) is 0 Å². The normalized spacial score (nSPS) is 40.1. The first-order valence-corrected chi connectivity index (χ1v) is 4.47. The molecule has 0 aromatic carbocycles. The molecule has 0 aromatic heterocycles. The van der Waals surface area contributed by atoms with Crippen LogP contribution < -0.4 is 5.32 Å². The lowest BCUT2D eigenvalue weighted by Crippen LogP contribution is -2.39. The molecular formula is C8H15FN2. The van der Waals surface area contributed by atoms with E-state index in [1.54, 1.807) is 0 Å². The molecule has 2 saturated heterocycles. The molecule has 2 rings (SSSR count). The Bertz CT molecular complexity index is 134. The van der Waals surface area contributed by atoms with Crippen LogP contribution in [0.2, 0.25) is 0 Å². The molecule has 2 nitrogen and oxygen atoms in total. The van der Waals surface area contributed by atoms with Crippen LogP contribution in [0.25, 0.3) is 0 Å². The van der Waals surface area contributed by atoms with Gasteiger partial charge in [-0.05, 0) is 25.9 Å². The third-order valence-electron chi connectivity index (χ3n) is 2.72. The standard InChI is InChI=1S/C8H15FN2/c9-7-5-10-6-8(7)11-3-1-2-4-11/h7-8,10H,1-6H2/t7-,8+/m0/s1. The molecule has 2 heterocycles. The maximum atomic E-state index is 13.1. The maximum Gasteiger partial charge on any atom is 0.129 e. The Kier molecular flexibility index (Phi) is 2.09. The summed E-state index contributed by atoms with van der Waals surface area (Å²) in [7, 11) is 0. The van der Waals surface area contributed by atoms with Crippen LogP contribution in [-0.2, 0) is 0 Å². The summed E-state index contributed by atoms with van der Waals surface area (Å²) in [5.41, 5.74) is 0. The van der Waals surface area contributed by atoms with E-state index in [0.717, 1.165) is 19.6 Å². The highest BCUT2D eigenvalue weighted by atomic mass is 19.1. The molecule has 64 valence electrons. The fourth-order valence-electron chi connectivity index (χ4n) is 2.06. The van der Waals surface area contributed by atoms with Crippen molar-refractivity contribution in [3.63, 3.8) is 0 Å². The van der Waals surface area contributed by atoms with Gasteiger partial charge in [0, 0.05) is 13.1 Å². The number of nitrogens with one attached hydrogen (secondary N) is 1. The number of nitrogens with zero attached hydrogens (tertiary/aromatic N) is 1. The lowest BCUT2D eigenvalue weighted by Gasteiger charge is -2.23. The van der Waals surface area contributed by atoms with Crippen LogP contribution in [0.4, 0.5) is 4.39 Å². The third kappa shape index (κ3) is 1.40. The lowest BCUT2D eigenvalue weighted by atomic mass is 10.2. The van der Waals surface area contributed by atoms with Gasteiger partial charge in [0.2, 0.25) is 0 Å². The van der Waals surface area contributed by atoms with Gasteiger partial charge in [0.1, 0.15) is 6.17 Å². The molecular weight excluding hydrogens is 143 g/mol. The Morgan fingerprint density at radius 3 is 2.45 bits per heavy atom. The van der Waals surface area contributed by atoms with Gasteiger partial charge in [-0.15, -0.1) is 0 Å². The fourth-order valence-corrected chi connectivity index (χ4v) is 2.06. The highest BCUT2D eigenvalue weighted by Crippen LogP contribution is 2.18. The van der Waals surface area contributed by atoms with Crippen LogP contribution >= 0.6 is 0 Å². The van der Waals surface area contributed by atoms with Gasteiger partial charge in [-0.2, -0.15) is 0 Å². The van der Waals surface area contributed by atoms with Crippen molar-refractivity contribution in [3.05, 3.63) is 0 Å². The Balaban J connectivity index is 1.92. The minimum atomic E-state index is -0.631. The number of alkyl halides is 1. The highest BCUT2D eigenvalue weighted by molar-refractivity contribution is 4.90. The minimum absolute atomic E-state index is 0.178. The zero-order valence-corrected chi connectivity index (χ0v) is 6.72. The summed E-state index contributed by atoms with van der Waals surface area (Å²) in [6.07, 6.45) is 1.87. The number of likely N-dealkylation sites (tertiary alicyclic amines) is 1. The summed E-state index contributed by atoms with van der Waals surface area (Å²) in [6, 6.07) is 0.178. The van der Waals surface area contributed by atoms with Gasteiger partial charge in [-0.25, -0.2) is 4.39 Å². The Morgan fingerprint density at radius 1 is 1.18 bits per heavy atom. The van der Waals surface area contributed by atoms with Crippen molar-refractivity contribution >= 4 is 0 Å². The molecule has 0 amide bonds. The molecule has 3 heteroatoms. The molecule has 1 N–H and O–H groups in total. The van der Waals surface area contributed by atoms with Crippen LogP contribution in [0.3, 0.4) is 0 Å². The fraction of sp³-hybridized carbons (Fsp3) is 1.00. The lowest BCUT2D eigenvalue weighted by molar-refractivity contribution is 0.173. The summed E-state index contributed by atoms with van der Waals surface area (Å²) in [4.78, 5) is 2.28. The molecule has 0 saturated carbocycles. The van der Waals surface area contributed by atoms with Gasteiger partial charge in [-0.1, -0.05) is 0 Å². The SMILES string of the molecule is F[C@H]1CNC[C@H]1N1CCCC1. The van der Waals surface area contributed by atoms with E-state index in [-0.39, 0.29) is 6.04 Å². The smallest absolute Gasteiger partial charge is 0.129 e. The molecule has 0 unspecified atom stereocenters. The first kappa shape index (κ1) is 7.50. The van der Waals surface area contributed by atoms with E-state index in [0.29, 0.717) is 6.54 Å². The molecule has 0 spiro atoms. The topological polar surface area (TPSA) is 15.3 Å². The number of hydrogen-bond acceptors (Lipinski definition) is 2. The minimum Gasteiger partial charge on any atom is -0.312 e. The van der Waals surface area contributed by atoms with Crippen LogP contribution in [0, 0.1) is 0 Å². The summed E-state index contributed by atoms with van der Waals surface area (Å²) >= 11 is 0. The van der Waals surface area contributed by atoms with E-state index in [2.05, 4.69) is 10.2 Å². The maximum absolute atomic E-state index is 13.1. The predicted octanol–water partition coefficient (Wildman–Crippen LogP) is 0.392. The van der Waals surface area contributed by atoms with Crippen molar-refractivity contribution in [3.8, 4) is 0 Å². The van der Waals surface area contributed by atoms with E-state index < -0.39 is 6.17 Å². The van der Waals surface area contributed by atoms with E-state index in [4.69, 9.17) is 0 Å². The van der Waals surface area contributed by atoms with Gasteiger partial charge in [0.15, 0.2) is 0 Å². The van der Waals surface area contributed by atoms with Crippen molar-refractivity contribution in [2.24, 2.45) is 0 Å². The predicted molar refractivity (Wildman–Crippen MR) is 42.4 cm³/mol. The molecule has 0 aromatic rings. The van der Waals surface area contributed by atoms with Crippen molar-refractivity contribution in [2.45, 2.75) is 25.1 Å². The molecule has 2 fully saturated rings. The van der Waals surface area contributed by atoms with Crippen LogP contribution in [0.15, 0.2) is 0 Å². The van der Waals surface area contributed by atoms with Gasteiger partial charge in [-0.3, -0.25) is 4.90 Å². The van der Waals surface area contributed by atoms with Gasteiger partial charge < -0.3 is 5.32 Å². The largest absolute Gasteiger partial charge is 0.312 e. The highest BCUT2D eigenvalue weighted by Gasteiger charge is 2.32.